The summed E-state index contributed by atoms with van der Waals surface area (Å²) in [6.07, 6.45) is 3.24. The van der Waals surface area contributed by atoms with Gasteiger partial charge < -0.3 is 14.0 Å². The lowest BCUT2D eigenvalue weighted by molar-refractivity contribution is -0.170. The van der Waals surface area contributed by atoms with Crippen molar-refractivity contribution in [2.75, 3.05) is 18.5 Å². The molecule has 1 aliphatic rings. The molecule has 0 spiro atoms. The lowest BCUT2D eigenvalue weighted by Gasteiger charge is -2.28. The second-order valence-corrected chi connectivity index (χ2v) is 11.7. The molecule has 8 nitrogen and oxygen atoms in total. The van der Waals surface area contributed by atoms with Crippen LogP contribution < -0.4 is 5.32 Å². The fourth-order valence-corrected chi connectivity index (χ4v) is 4.74. The summed E-state index contributed by atoms with van der Waals surface area (Å²) in [4.78, 5) is 12.7. The fourth-order valence-electron chi connectivity index (χ4n) is 2.98. The molecule has 2 heterocycles. The number of amides is 1. The number of carbonyl (C=O) groups is 1. The second-order valence-electron chi connectivity index (χ2n) is 8.80. The summed E-state index contributed by atoms with van der Waals surface area (Å²) in [5, 5.41) is 5.97. The van der Waals surface area contributed by atoms with E-state index in [1.165, 1.54) is 13.8 Å². The van der Waals surface area contributed by atoms with Crippen LogP contribution in [0.1, 0.15) is 72.9 Å². The number of sulfone groups is 1. The summed E-state index contributed by atoms with van der Waals surface area (Å²) >= 11 is 0. The van der Waals surface area contributed by atoms with Gasteiger partial charge in [0, 0.05) is 18.1 Å². The first-order valence-corrected chi connectivity index (χ1v) is 11.7. The number of ether oxygens (including phenoxy) is 2. The third-order valence-corrected chi connectivity index (χ3v) is 8.57. The van der Waals surface area contributed by atoms with Gasteiger partial charge in [-0.1, -0.05) is 25.9 Å². The van der Waals surface area contributed by atoms with Crippen molar-refractivity contribution in [3.05, 3.63) is 11.8 Å². The minimum Gasteiger partial charge on any atom is -0.353 e. The minimum atomic E-state index is -3.66. The van der Waals surface area contributed by atoms with Crippen LogP contribution in [0.15, 0.2) is 10.6 Å². The molecule has 166 valence electrons. The zero-order valence-corrected chi connectivity index (χ0v) is 19.1. The predicted molar refractivity (Wildman–Crippen MR) is 110 cm³/mol. The maximum absolute atomic E-state index is 12.7. The van der Waals surface area contributed by atoms with Gasteiger partial charge in [-0.2, -0.15) is 0 Å². The number of nitrogens with zero attached hydrogens (tertiary/aromatic N) is 1. The zero-order chi connectivity index (χ0) is 21.9. The van der Waals surface area contributed by atoms with Crippen molar-refractivity contribution < 1.29 is 27.2 Å². The van der Waals surface area contributed by atoms with E-state index in [0.29, 0.717) is 25.3 Å². The summed E-state index contributed by atoms with van der Waals surface area (Å²) in [5.74, 6) is -0.537. The smallest absolute Gasteiger partial charge is 0.247 e. The van der Waals surface area contributed by atoms with Gasteiger partial charge in [-0.3, -0.25) is 10.1 Å². The highest BCUT2D eigenvalue weighted by Crippen LogP contribution is 2.29. The molecule has 1 N–H and O–H groups in total. The van der Waals surface area contributed by atoms with Crippen molar-refractivity contribution in [2.45, 2.75) is 88.9 Å². The molecule has 2 atom stereocenters. The fraction of sp³-hybridized carbons (Fsp3) is 0.800. The molecule has 2 rings (SSSR count). The summed E-state index contributed by atoms with van der Waals surface area (Å²) in [5.41, 5.74) is 0.136. The van der Waals surface area contributed by atoms with E-state index in [4.69, 9.17) is 14.0 Å². The first kappa shape index (κ1) is 23.8. The maximum atomic E-state index is 12.7. The molecule has 1 aromatic heterocycles. The number of nitrogens with one attached hydrogen (secondary N) is 1. The first-order chi connectivity index (χ1) is 13.4. The van der Waals surface area contributed by atoms with Gasteiger partial charge in [-0.25, -0.2) is 8.42 Å². The molecular weight excluding hydrogens is 396 g/mol. The number of anilines is 1. The predicted octanol–water partition coefficient (Wildman–Crippen LogP) is 3.43. The van der Waals surface area contributed by atoms with Crippen molar-refractivity contribution in [1.29, 1.82) is 0 Å². The molecule has 29 heavy (non-hydrogen) atoms. The summed E-state index contributed by atoms with van der Waals surface area (Å²) in [6.45, 7) is 11.2. The number of carbonyl (C=O) groups excluding carboxylic acids is 1. The third kappa shape index (κ3) is 5.38. The summed E-state index contributed by atoms with van der Waals surface area (Å²) in [6, 6.07) is 1.61. The standard InChI is InChI=1S/C20H34N2O6S/c1-7-14(2)29(24,25)20(5,6)18(23)21-16-12-15(22-28-16)19(3,4)13-27-17-10-8-9-11-26-17/h12,14,17H,7-11,13H2,1-6H3,(H,21,23)/t14-,17?/m1/s1. The van der Waals surface area contributed by atoms with E-state index in [-0.39, 0.29) is 12.2 Å². The van der Waals surface area contributed by atoms with Crippen LogP contribution in [0.4, 0.5) is 5.88 Å². The van der Waals surface area contributed by atoms with Gasteiger partial charge in [0.2, 0.25) is 11.8 Å². The Morgan fingerprint density at radius 2 is 2.03 bits per heavy atom. The Kier molecular flexibility index (Phi) is 7.51. The molecule has 1 aliphatic heterocycles. The van der Waals surface area contributed by atoms with E-state index in [0.717, 1.165) is 19.3 Å². The normalized spacial score (nSPS) is 19.7. The lowest BCUT2D eigenvalue weighted by Crippen LogP contribution is -2.48. The van der Waals surface area contributed by atoms with Gasteiger partial charge in [0.05, 0.1) is 17.6 Å². The van der Waals surface area contributed by atoms with Crippen molar-refractivity contribution in [1.82, 2.24) is 5.16 Å². The average molecular weight is 431 g/mol. The Hall–Kier alpha value is -1.45. The van der Waals surface area contributed by atoms with Crippen LogP contribution in [0, 0.1) is 0 Å². The minimum absolute atomic E-state index is 0.111. The topological polar surface area (TPSA) is 108 Å². The van der Waals surface area contributed by atoms with Crippen LogP contribution >= 0.6 is 0 Å². The molecule has 1 saturated heterocycles. The Labute approximate surface area is 173 Å². The Bertz CT molecular complexity index is 794. The molecule has 1 amide bonds. The van der Waals surface area contributed by atoms with Gasteiger partial charge >= 0.3 is 0 Å². The van der Waals surface area contributed by atoms with E-state index in [1.807, 2.05) is 13.8 Å². The summed E-state index contributed by atoms with van der Waals surface area (Å²) < 4.78 is 40.5. The molecule has 1 unspecified atom stereocenters. The first-order valence-electron chi connectivity index (χ1n) is 10.2. The van der Waals surface area contributed by atoms with E-state index >= 15 is 0 Å². The number of rotatable bonds is 9. The Morgan fingerprint density at radius 3 is 2.62 bits per heavy atom. The number of hydrogen-bond acceptors (Lipinski definition) is 7. The highest BCUT2D eigenvalue weighted by Gasteiger charge is 2.44. The molecule has 0 aliphatic carbocycles. The lowest BCUT2D eigenvalue weighted by atomic mass is 9.90. The van der Waals surface area contributed by atoms with E-state index < -0.39 is 31.2 Å². The summed E-state index contributed by atoms with van der Waals surface area (Å²) in [7, 11) is -3.66. The van der Waals surface area contributed by atoms with Crippen LogP contribution in [-0.2, 0) is 29.5 Å². The van der Waals surface area contributed by atoms with E-state index in [9.17, 15) is 13.2 Å². The molecule has 1 aromatic rings. The molecule has 1 fully saturated rings. The van der Waals surface area contributed by atoms with Crippen LogP contribution in [0.5, 0.6) is 0 Å². The van der Waals surface area contributed by atoms with Gasteiger partial charge in [-0.15, -0.1) is 0 Å². The third-order valence-electron chi connectivity index (χ3n) is 5.57. The Balaban J connectivity index is 2.04. The zero-order valence-electron chi connectivity index (χ0n) is 18.3. The Morgan fingerprint density at radius 1 is 1.34 bits per heavy atom. The number of aromatic nitrogens is 1. The molecule has 0 radical (unpaired) electrons. The van der Waals surface area contributed by atoms with Gasteiger partial charge in [0.25, 0.3) is 0 Å². The van der Waals surface area contributed by atoms with Crippen LogP contribution in [0.2, 0.25) is 0 Å². The maximum Gasteiger partial charge on any atom is 0.247 e. The SMILES string of the molecule is CC[C@@H](C)S(=O)(=O)C(C)(C)C(=O)Nc1cc(C(C)(C)COC2CCCCO2)no1. The van der Waals surface area contributed by atoms with Crippen molar-refractivity contribution >= 4 is 21.6 Å². The van der Waals surface area contributed by atoms with Crippen LogP contribution in [0.3, 0.4) is 0 Å². The van der Waals surface area contributed by atoms with E-state index in [2.05, 4.69) is 10.5 Å². The highest BCUT2D eigenvalue weighted by molar-refractivity contribution is 7.94. The van der Waals surface area contributed by atoms with Crippen LogP contribution in [-0.4, -0.2) is 49.0 Å². The van der Waals surface area contributed by atoms with Crippen molar-refractivity contribution in [3.63, 3.8) is 0 Å². The molecule has 0 aromatic carbocycles. The molecule has 0 bridgehead atoms. The largest absolute Gasteiger partial charge is 0.353 e. The van der Waals surface area contributed by atoms with Gasteiger partial charge in [0.1, 0.15) is 4.75 Å². The quantitative estimate of drug-likeness (QED) is 0.639. The molecular formula is C20H34N2O6S. The number of hydrogen-bond donors (Lipinski definition) is 1. The van der Waals surface area contributed by atoms with Crippen molar-refractivity contribution in [3.8, 4) is 0 Å². The van der Waals surface area contributed by atoms with Crippen LogP contribution in [0.25, 0.3) is 0 Å². The molecule has 9 heteroatoms. The second kappa shape index (κ2) is 9.14. The molecule has 0 saturated carbocycles. The average Bonchev–Trinajstić information content (AvgIpc) is 3.15. The van der Waals surface area contributed by atoms with E-state index in [1.54, 1.807) is 19.9 Å². The van der Waals surface area contributed by atoms with Gasteiger partial charge in [0.15, 0.2) is 16.1 Å². The van der Waals surface area contributed by atoms with Gasteiger partial charge in [-0.05, 0) is 46.5 Å². The monoisotopic (exact) mass is 430 g/mol. The van der Waals surface area contributed by atoms with Crippen molar-refractivity contribution in [2.24, 2.45) is 0 Å². The highest BCUT2D eigenvalue weighted by atomic mass is 32.2.